The molecule has 2 atom stereocenters. The maximum absolute atomic E-state index is 9.66. The summed E-state index contributed by atoms with van der Waals surface area (Å²) in [5.41, 5.74) is -0.0275. The van der Waals surface area contributed by atoms with Crippen molar-refractivity contribution in [3.63, 3.8) is 0 Å². The maximum atomic E-state index is 9.66. The molecule has 2 rings (SSSR count). The molecule has 0 bridgehead atoms. The molecule has 19 heavy (non-hydrogen) atoms. The molecule has 1 aromatic rings. The van der Waals surface area contributed by atoms with Crippen LogP contribution >= 0.6 is 27.7 Å². The van der Waals surface area contributed by atoms with E-state index in [1.807, 2.05) is 18.8 Å². The Bertz CT molecular complexity index is 392. The van der Waals surface area contributed by atoms with E-state index < -0.39 is 0 Å². The van der Waals surface area contributed by atoms with Gasteiger partial charge in [-0.05, 0) is 62.2 Å². The summed E-state index contributed by atoms with van der Waals surface area (Å²) >= 11 is 5.36. The van der Waals surface area contributed by atoms with Crippen LogP contribution in [0.3, 0.4) is 0 Å². The van der Waals surface area contributed by atoms with Gasteiger partial charge in [0, 0.05) is 14.9 Å². The van der Waals surface area contributed by atoms with E-state index >= 15 is 0 Å². The molecule has 2 N–H and O–H groups in total. The average molecular weight is 344 g/mol. The van der Waals surface area contributed by atoms with Crippen molar-refractivity contribution in [1.82, 2.24) is 5.32 Å². The highest BCUT2D eigenvalue weighted by Crippen LogP contribution is 2.38. The first-order chi connectivity index (χ1) is 9.20. The quantitative estimate of drug-likeness (QED) is 0.772. The van der Waals surface area contributed by atoms with Crippen LogP contribution in [0.25, 0.3) is 0 Å². The zero-order valence-electron chi connectivity index (χ0n) is 11.4. The average Bonchev–Trinajstić information content (AvgIpc) is 2.84. The summed E-state index contributed by atoms with van der Waals surface area (Å²) in [6.45, 7) is 0.261. The summed E-state index contributed by atoms with van der Waals surface area (Å²) in [7, 11) is 1.98. The van der Waals surface area contributed by atoms with E-state index in [-0.39, 0.29) is 12.1 Å². The Morgan fingerprint density at radius 1 is 1.42 bits per heavy atom. The van der Waals surface area contributed by atoms with Crippen LogP contribution < -0.4 is 5.32 Å². The Hall–Kier alpha value is -0.0300. The highest BCUT2D eigenvalue weighted by Gasteiger charge is 2.40. The van der Waals surface area contributed by atoms with Gasteiger partial charge < -0.3 is 10.4 Å². The Morgan fingerprint density at radius 2 is 2.16 bits per heavy atom. The first-order valence-corrected chi connectivity index (χ1v) is 8.66. The highest BCUT2D eigenvalue weighted by atomic mass is 79.9. The molecule has 0 aromatic heterocycles. The molecule has 1 fully saturated rings. The van der Waals surface area contributed by atoms with Gasteiger partial charge in [0.25, 0.3) is 0 Å². The van der Waals surface area contributed by atoms with E-state index in [9.17, 15) is 5.11 Å². The second-order valence-corrected chi connectivity index (χ2v) is 7.33. The second kappa shape index (κ2) is 7.11. The van der Waals surface area contributed by atoms with Crippen LogP contribution in [0.4, 0.5) is 0 Å². The third kappa shape index (κ3) is 3.75. The van der Waals surface area contributed by atoms with Crippen molar-refractivity contribution < 1.29 is 5.11 Å². The van der Waals surface area contributed by atoms with Gasteiger partial charge >= 0.3 is 0 Å². The number of hydrogen-bond acceptors (Lipinski definition) is 3. The second-order valence-electron chi connectivity index (χ2n) is 5.24. The lowest BCUT2D eigenvalue weighted by Gasteiger charge is -2.33. The molecule has 4 heteroatoms. The number of likely N-dealkylation sites (N-methyl/N-ethyl adjacent to an activating group) is 1. The molecule has 106 valence electrons. The number of thioether (sulfide) groups is 1. The van der Waals surface area contributed by atoms with Crippen molar-refractivity contribution in [1.29, 1.82) is 0 Å². The number of benzene rings is 1. The molecular weight excluding hydrogens is 322 g/mol. The summed E-state index contributed by atoms with van der Waals surface area (Å²) in [5.74, 6) is 1.72. The van der Waals surface area contributed by atoms with E-state index in [1.165, 1.54) is 24.2 Å². The van der Waals surface area contributed by atoms with Gasteiger partial charge in [0.2, 0.25) is 0 Å². The summed E-state index contributed by atoms with van der Waals surface area (Å²) in [4.78, 5) is 1.32. The Morgan fingerprint density at radius 3 is 2.79 bits per heavy atom. The molecule has 0 saturated heterocycles. The van der Waals surface area contributed by atoms with Gasteiger partial charge in [0.1, 0.15) is 0 Å². The smallest absolute Gasteiger partial charge is 0.0615 e. The normalized spacial score (nSPS) is 26.8. The predicted molar refractivity (Wildman–Crippen MR) is 85.7 cm³/mol. The molecule has 0 aliphatic heterocycles. The van der Waals surface area contributed by atoms with E-state index in [0.717, 1.165) is 16.6 Å². The molecule has 1 aliphatic rings. The van der Waals surface area contributed by atoms with E-state index in [4.69, 9.17) is 0 Å². The Kier molecular flexibility index (Phi) is 5.75. The van der Waals surface area contributed by atoms with E-state index in [1.54, 1.807) is 0 Å². The van der Waals surface area contributed by atoms with Gasteiger partial charge in [0.05, 0.1) is 6.61 Å². The zero-order valence-corrected chi connectivity index (χ0v) is 13.8. The minimum absolute atomic E-state index is 0.0275. The third-order valence-corrected chi connectivity index (χ3v) is 5.86. The lowest BCUT2D eigenvalue weighted by Crippen LogP contribution is -2.49. The van der Waals surface area contributed by atoms with E-state index in [2.05, 4.69) is 45.5 Å². The van der Waals surface area contributed by atoms with Gasteiger partial charge in [-0.1, -0.05) is 22.4 Å². The molecule has 0 radical (unpaired) electrons. The van der Waals surface area contributed by atoms with Crippen LogP contribution in [-0.4, -0.2) is 30.1 Å². The fourth-order valence-corrected chi connectivity index (χ4v) is 4.26. The van der Waals surface area contributed by atoms with Gasteiger partial charge in [-0.2, -0.15) is 0 Å². The Balaban J connectivity index is 1.83. The third-order valence-electron chi connectivity index (χ3n) is 4.29. The van der Waals surface area contributed by atoms with Crippen molar-refractivity contribution in [3.8, 4) is 0 Å². The molecule has 0 heterocycles. The topological polar surface area (TPSA) is 32.3 Å². The first-order valence-electron chi connectivity index (χ1n) is 6.88. The summed E-state index contributed by atoms with van der Waals surface area (Å²) in [5, 5.41) is 13.0. The highest BCUT2D eigenvalue weighted by molar-refractivity contribution is 9.10. The number of aliphatic hydroxyl groups is 1. The monoisotopic (exact) mass is 343 g/mol. The van der Waals surface area contributed by atoms with Gasteiger partial charge in [-0.3, -0.25) is 0 Å². The summed E-state index contributed by atoms with van der Waals surface area (Å²) in [6, 6.07) is 8.48. The molecule has 2 nitrogen and oxygen atoms in total. The Labute approximate surface area is 128 Å². The predicted octanol–water partition coefficient (Wildman–Crippen LogP) is 3.68. The molecule has 2 unspecified atom stereocenters. The van der Waals surface area contributed by atoms with Crippen LogP contribution in [0, 0.1) is 5.92 Å². The minimum Gasteiger partial charge on any atom is -0.394 e. The number of aliphatic hydroxyl groups excluding tert-OH is 1. The van der Waals surface area contributed by atoms with Crippen molar-refractivity contribution in [2.75, 3.05) is 19.4 Å². The van der Waals surface area contributed by atoms with Crippen LogP contribution in [0.1, 0.15) is 25.7 Å². The fraction of sp³-hybridized carbons (Fsp3) is 0.600. The van der Waals surface area contributed by atoms with Crippen molar-refractivity contribution in [3.05, 3.63) is 28.7 Å². The van der Waals surface area contributed by atoms with Crippen molar-refractivity contribution >= 4 is 27.7 Å². The first kappa shape index (κ1) is 15.4. The van der Waals surface area contributed by atoms with Crippen molar-refractivity contribution in [2.45, 2.75) is 36.1 Å². The van der Waals surface area contributed by atoms with Crippen LogP contribution in [0.5, 0.6) is 0 Å². The zero-order chi connectivity index (χ0) is 13.7. The largest absolute Gasteiger partial charge is 0.394 e. The van der Waals surface area contributed by atoms with Gasteiger partial charge in [-0.15, -0.1) is 11.8 Å². The molecular formula is C15H22BrNOS. The molecule has 0 amide bonds. The molecule has 1 aliphatic carbocycles. The molecule has 1 aromatic carbocycles. The van der Waals surface area contributed by atoms with Crippen LogP contribution in [0.15, 0.2) is 33.6 Å². The SMILES string of the molecule is CNC1(CO)CCCC1CCSc1ccc(Br)cc1. The fourth-order valence-electron chi connectivity index (χ4n) is 3.03. The molecule has 0 spiro atoms. The van der Waals surface area contributed by atoms with Crippen LogP contribution in [0.2, 0.25) is 0 Å². The van der Waals surface area contributed by atoms with Gasteiger partial charge in [0.15, 0.2) is 0 Å². The number of hydrogen-bond donors (Lipinski definition) is 2. The number of nitrogens with one attached hydrogen (secondary N) is 1. The number of rotatable bonds is 6. The van der Waals surface area contributed by atoms with Gasteiger partial charge in [-0.25, -0.2) is 0 Å². The van der Waals surface area contributed by atoms with Crippen molar-refractivity contribution in [2.24, 2.45) is 5.92 Å². The number of halogens is 1. The lowest BCUT2D eigenvalue weighted by atomic mass is 9.86. The van der Waals surface area contributed by atoms with Crippen LogP contribution in [-0.2, 0) is 0 Å². The lowest BCUT2D eigenvalue weighted by molar-refractivity contribution is 0.130. The molecule has 1 saturated carbocycles. The minimum atomic E-state index is -0.0275. The van der Waals surface area contributed by atoms with E-state index in [0.29, 0.717) is 5.92 Å². The maximum Gasteiger partial charge on any atom is 0.0615 e. The standard InChI is InChI=1S/C15H22BrNOS/c1-17-15(11-18)9-2-3-12(15)8-10-19-14-6-4-13(16)5-7-14/h4-7,12,17-18H,2-3,8-11H2,1H3. The summed E-state index contributed by atoms with van der Waals surface area (Å²) < 4.78 is 1.13. The summed E-state index contributed by atoms with van der Waals surface area (Å²) in [6.07, 6.45) is 4.74.